The average Bonchev–Trinajstić information content (AvgIpc) is 2.29. The second-order valence-electron chi connectivity index (χ2n) is 3.94. The average molecular weight is 207 g/mol. The van der Waals surface area contributed by atoms with Gasteiger partial charge in [0.05, 0.1) is 0 Å². The van der Waals surface area contributed by atoms with Crippen molar-refractivity contribution in [2.24, 2.45) is 11.7 Å². The first-order chi connectivity index (χ1) is 7.25. The van der Waals surface area contributed by atoms with E-state index in [1.54, 1.807) is 0 Å². The van der Waals surface area contributed by atoms with Gasteiger partial charge in [0.2, 0.25) is 0 Å². The molecule has 1 saturated heterocycles. The van der Waals surface area contributed by atoms with E-state index in [9.17, 15) is 0 Å². The topological polar surface area (TPSA) is 35.2 Å². The van der Waals surface area contributed by atoms with Crippen molar-refractivity contribution >= 4 is 0 Å². The van der Waals surface area contributed by atoms with Crippen LogP contribution >= 0.6 is 0 Å². The van der Waals surface area contributed by atoms with Gasteiger partial charge in [0.15, 0.2) is 0 Å². The molecule has 0 bridgehead atoms. The van der Waals surface area contributed by atoms with Crippen LogP contribution in [-0.4, -0.2) is 19.3 Å². The molecule has 0 aromatic rings. The molecule has 84 valence electrons. The molecule has 0 aliphatic carbocycles. The molecular formula is C13H21NO. The van der Waals surface area contributed by atoms with Gasteiger partial charge in [0.1, 0.15) is 0 Å². The molecule has 1 aliphatic heterocycles. The first-order valence-electron chi connectivity index (χ1n) is 5.57. The van der Waals surface area contributed by atoms with Crippen LogP contribution in [0, 0.1) is 5.92 Å². The lowest BCUT2D eigenvalue weighted by Crippen LogP contribution is -2.35. The third kappa shape index (κ3) is 4.02. The predicted molar refractivity (Wildman–Crippen MR) is 64.6 cm³/mol. The number of allylic oxidation sites excluding steroid dienone is 3. The minimum atomic E-state index is 0.0791. The van der Waals surface area contributed by atoms with E-state index in [0.717, 1.165) is 31.6 Å². The minimum absolute atomic E-state index is 0.0791. The molecule has 2 N–H and O–H groups in total. The van der Waals surface area contributed by atoms with Crippen molar-refractivity contribution in [2.45, 2.75) is 25.8 Å². The summed E-state index contributed by atoms with van der Waals surface area (Å²) >= 11 is 0. The quantitative estimate of drug-likeness (QED) is 0.719. The molecule has 1 atom stereocenters. The Morgan fingerprint density at radius 3 is 2.67 bits per heavy atom. The van der Waals surface area contributed by atoms with E-state index in [2.05, 4.69) is 6.58 Å². The van der Waals surface area contributed by atoms with Crippen LogP contribution < -0.4 is 5.73 Å². The number of nitrogens with two attached hydrogens (primary N) is 1. The zero-order valence-corrected chi connectivity index (χ0v) is 9.49. The molecule has 0 radical (unpaired) electrons. The number of rotatable bonds is 4. The summed E-state index contributed by atoms with van der Waals surface area (Å²) in [5.41, 5.74) is 7.16. The summed E-state index contributed by atoms with van der Waals surface area (Å²) in [4.78, 5) is 0. The molecule has 0 aromatic carbocycles. The Morgan fingerprint density at radius 2 is 2.07 bits per heavy atom. The maximum absolute atomic E-state index is 6.14. The molecule has 1 aliphatic rings. The maximum Gasteiger partial charge on any atom is 0.0469 e. The summed E-state index contributed by atoms with van der Waals surface area (Å²) in [5.74, 6) is 0.529. The molecule has 1 unspecified atom stereocenters. The summed E-state index contributed by atoms with van der Waals surface area (Å²) in [6.07, 6.45) is 10.1. The van der Waals surface area contributed by atoms with Crippen molar-refractivity contribution in [1.29, 1.82) is 0 Å². The summed E-state index contributed by atoms with van der Waals surface area (Å²) in [6, 6.07) is 0.0791. The van der Waals surface area contributed by atoms with Gasteiger partial charge in [-0.15, -0.1) is 0 Å². The van der Waals surface area contributed by atoms with Gasteiger partial charge < -0.3 is 10.5 Å². The normalized spacial score (nSPS) is 21.2. The van der Waals surface area contributed by atoms with Crippen LogP contribution in [0.3, 0.4) is 0 Å². The van der Waals surface area contributed by atoms with Crippen molar-refractivity contribution in [3.63, 3.8) is 0 Å². The molecule has 1 heterocycles. The van der Waals surface area contributed by atoms with E-state index in [-0.39, 0.29) is 6.04 Å². The minimum Gasteiger partial charge on any atom is -0.381 e. The summed E-state index contributed by atoms with van der Waals surface area (Å²) in [6.45, 7) is 7.68. The number of hydrogen-bond donors (Lipinski definition) is 1. The highest BCUT2D eigenvalue weighted by molar-refractivity contribution is 5.24. The second kappa shape index (κ2) is 6.59. The van der Waals surface area contributed by atoms with Crippen molar-refractivity contribution in [3.8, 4) is 0 Å². The lowest BCUT2D eigenvalue weighted by molar-refractivity contribution is 0.0622. The Kier molecular flexibility index (Phi) is 5.37. The maximum atomic E-state index is 6.14. The van der Waals surface area contributed by atoms with Gasteiger partial charge in [-0.1, -0.05) is 30.9 Å². The molecule has 0 aromatic heterocycles. The smallest absolute Gasteiger partial charge is 0.0469 e. The Labute approximate surface area is 92.5 Å². The van der Waals surface area contributed by atoms with Crippen LogP contribution in [0.15, 0.2) is 36.5 Å². The first kappa shape index (κ1) is 12.2. The Morgan fingerprint density at radius 1 is 1.40 bits per heavy atom. The molecule has 1 rings (SSSR count). The van der Waals surface area contributed by atoms with Gasteiger partial charge in [-0.25, -0.2) is 0 Å². The monoisotopic (exact) mass is 207 g/mol. The molecule has 15 heavy (non-hydrogen) atoms. The SMILES string of the molecule is C=C(/C=C\C=C/C)C(N)C1CCOCC1. The summed E-state index contributed by atoms with van der Waals surface area (Å²) in [5, 5.41) is 0. The predicted octanol–water partition coefficient (Wildman–Crippen LogP) is 2.43. The highest BCUT2D eigenvalue weighted by Crippen LogP contribution is 2.21. The highest BCUT2D eigenvalue weighted by atomic mass is 16.5. The number of hydrogen-bond acceptors (Lipinski definition) is 2. The molecule has 0 amide bonds. The van der Waals surface area contributed by atoms with E-state index >= 15 is 0 Å². The standard InChI is InChI=1S/C13H21NO/c1-3-4-5-6-11(2)13(14)12-7-9-15-10-8-12/h3-6,12-13H,2,7-10,14H2,1H3/b4-3-,6-5-. The molecule has 2 nitrogen and oxygen atoms in total. The van der Waals surface area contributed by atoms with E-state index in [1.165, 1.54) is 0 Å². The zero-order chi connectivity index (χ0) is 11.1. The van der Waals surface area contributed by atoms with Gasteiger partial charge in [0.25, 0.3) is 0 Å². The highest BCUT2D eigenvalue weighted by Gasteiger charge is 2.21. The zero-order valence-electron chi connectivity index (χ0n) is 9.49. The van der Waals surface area contributed by atoms with E-state index in [1.807, 2.05) is 31.2 Å². The largest absolute Gasteiger partial charge is 0.381 e. The van der Waals surface area contributed by atoms with Gasteiger partial charge in [-0.05, 0) is 31.3 Å². The summed E-state index contributed by atoms with van der Waals surface area (Å²) < 4.78 is 5.31. The number of ether oxygens (including phenoxy) is 1. The van der Waals surface area contributed by atoms with Crippen LogP contribution in [0.25, 0.3) is 0 Å². The van der Waals surface area contributed by atoms with E-state index in [0.29, 0.717) is 5.92 Å². The fourth-order valence-corrected chi connectivity index (χ4v) is 1.78. The second-order valence-corrected chi connectivity index (χ2v) is 3.94. The van der Waals surface area contributed by atoms with Gasteiger partial charge in [-0.3, -0.25) is 0 Å². The third-order valence-electron chi connectivity index (χ3n) is 2.82. The van der Waals surface area contributed by atoms with E-state index in [4.69, 9.17) is 10.5 Å². The molecule has 2 heteroatoms. The Balaban J connectivity index is 2.43. The fourth-order valence-electron chi connectivity index (χ4n) is 1.78. The molecule has 0 spiro atoms. The fraction of sp³-hybridized carbons (Fsp3) is 0.538. The Hall–Kier alpha value is -0.860. The van der Waals surface area contributed by atoms with Crippen molar-refractivity contribution in [2.75, 3.05) is 13.2 Å². The van der Waals surface area contributed by atoms with E-state index < -0.39 is 0 Å². The summed E-state index contributed by atoms with van der Waals surface area (Å²) in [7, 11) is 0. The third-order valence-corrected chi connectivity index (χ3v) is 2.82. The molecule has 1 fully saturated rings. The van der Waals surface area contributed by atoms with Crippen molar-refractivity contribution < 1.29 is 4.74 Å². The van der Waals surface area contributed by atoms with Crippen LogP contribution in [0.5, 0.6) is 0 Å². The van der Waals surface area contributed by atoms with Gasteiger partial charge in [-0.2, -0.15) is 0 Å². The lowest BCUT2D eigenvalue weighted by Gasteiger charge is -2.27. The van der Waals surface area contributed by atoms with Crippen molar-refractivity contribution in [3.05, 3.63) is 36.5 Å². The van der Waals surface area contributed by atoms with Gasteiger partial charge in [0, 0.05) is 19.3 Å². The van der Waals surface area contributed by atoms with Crippen LogP contribution in [0.4, 0.5) is 0 Å². The lowest BCUT2D eigenvalue weighted by atomic mass is 9.88. The molecule has 0 saturated carbocycles. The molecular weight excluding hydrogens is 186 g/mol. The van der Waals surface area contributed by atoms with Crippen LogP contribution in [0.2, 0.25) is 0 Å². The van der Waals surface area contributed by atoms with Crippen LogP contribution in [0.1, 0.15) is 19.8 Å². The van der Waals surface area contributed by atoms with Gasteiger partial charge >= 0.3 is 0 Å². The van der Waals surface area contributed by atoms with Crippen LogP contribution in [-0.2, 0) is 4.74 Å². The first-order valence-corrected chi connectivity index (χ1v) is 5.57. The Bertz CT molecular complexity index is 249. The van der Waals surface area contributed by atoms with Crippen molar-refractivity contribution in [1.82, 2.24) is 0 Å².